The molecule has 0 aliphatic heterocycles. The molecule has 0 unspecified atom stereocenters. The first-order valence-corrected chi connectivity index (χ1v) is 9.97. The zero-order chi connectivity index (χ0) is 19.4. The van der Waals surface area contributed by atoms with Crippen LogP contribution in [0.5, 0.6) is 0 Å². The molecule has 0 aliphatic rings. The molecule has 0 fully saturated rings. The van der Waals surface area contributed by atoms with E-state index in [-0.39, 0.29) is 16.1 Å². The van der Waals surface area contributed by atoms with Gasteiger partial charge in [-0.05, 0) is 48.9 Å². The van der Waals surface area contributed by atoms with Crippen LogP contribution in [0.3, 0.4) is 0 Å². The van der Waals surface area contributed by atoms with Crippen molar-refractivity contribution in [3.63, 3.8) is 0 Å². The Hall–Kier alpha value is -2.83. The molecule has 0 heterocycles. The minimum atomic E-state index is -3.81. The summed E-state index contributed by atoms with van der Waals surface area (Å²) in [5.41, 5.74) is 1.81. The number of aryl methyl sites for hydroxylation is 1. The van der Waals surface area contributed by atoms with Crippen molar-refractivity contribution in [2.45, 2.75) is 11.8 Å². The Labute approximate surface area is 163 Å². The first-order valence-electron chi connectivity index (χ1n) is 8.11. The number of hydrogen-bond donors (Lipinski definition) is 2. The molecule has 3 aromatic carbocycles. The monoisotopic (exact) mass is 400 g/mol. The zero-order valence-corrected chi connectivity index (χ0v) is 16.0. The minimum Gasteiger partial charge on any atom is -0.322 e. The molecule has 7 heteroatoms. The summed E-state index contributed by atoms with van der Waals surface area (Å²) in [6.07, 6.45) is 0. The quantitative estimate of drug-likeness (QED) is 0.651. The Bertz CT molecular complexity index is 1080. The molecule has 3 rings (SSSR count). The Morgan fingerprint density at radius 1 is 0.926 bits per heavy atom. The molecule has 3 aromatic rings. The van der Waals surface area contributed by atoms with Crippen LogP contribution >= 0.6 is 11.6 Å². The Balaban J connectivity index is 1.87. The van der Waals surface area contributed by atoms with E-state index in [1.165, 1.54) is 18.2 Å². The highest BCUT2D eigenvalue weighted by Crippen LogP contribution is 2.23. The fourth-order valence-electron chi connectivity index (χ4n) is 2.44. The van der Waals surface area contributed by atoms with Gasteiger partial charge >= 0.3 is 0 Å². The summed E-state index contributed by atoms with van der Waals surface area (Å²) in [5, 5.41) is 3.27. The molecular weight excluding hydrogens is 384 g/mol. The first kappa shape index (κ1) is 18.9. The fourth-order valence-corrected chi connectivity index (χ4v) is 3.72. The molecule has 2 N–H and O–H groups in total. The predicted molar refractivity (Wildman–Crippen MR) is 108 cm³/mol. The topological polar surface area (TPSA) is 75.3 Å². The molecule has 1 amide bonds. The lowest BCUT2D eigenvalue weighted by molar-refractivity contribution is 0.102. The van der Waals surface area contributed by atoms with Crippen molar-refractivity contribution < 1.29 is 13.2 Å². The van der Waals surface area contributed by atoms with Gasteiger partial charge in [0.05, 0.1) is 16.1 Å². The maximum absolute atomic E-state index is 12.7. The molecule has 0 aromatic heterocycles. The number of amides is 1. The van der Waals surface area contributed by atoms with Crippen LogP contribution in [-0.2, 0) is 10.0 Å². The number of hydrogen-bond acceptors (Lipinski definition) is 3. The molecule has 0 aliphatic carbocycles. The van der Waals surface area contributed by atoms with Crippen LogP contribution in [0.4, 0.5) is 11.4 Å². The van der Waals surface area contributed by atoms with Gasteiger partial charge in [-0.2, -0.15) is 0 Å². The lowest BCUT2D eigenvalue weighted by atomic mass is 10.1. The standard InChI is InChI=1S/C20H17ClN2O3S/c1-14-11-12-15(13-18(14)21)22-20(24)17-9-5-6-10-19(17)23-27(25,26)16-7-3-2-4-8-16/h2-13,23H,1H3,(H,22,24). The van der Waals surface area contributed by atoms with Gasteiger partial charge in [-0.3, -0.25) is 9.52 Å². The third kappa shape index (κ3) is 4.48. The van der Waals surface area contributed by atoms with Gasteiger partial charge in [0.1, 0.15) is 0 Å². The van der Waals surface area contributed by atoms with Crippen LogP contribution in [0.25, 0.3) is 0 Å². The number of para-hydroxylation sites is 1. The zero-order valence-electron chi connectivity index (χ0n) is 14.4. The van der Waals surface area contributed by atoms with Crippen molar-refractivity contribution in [2.75, 3.05) is 10.0 Å². The molecule has 27 heavy (non-hydrogen) atoms. The van der Waals surface area contributed by atoms with Gasteiger partial charge in [0.25, 0.3) is 15.9 Å². The summed E-state index contributed by atoms with van der Waals surface area (Å²) >= 11 is 6.09. The van der Waals surface area contributed by atoms with Crippen molar-refractivity contribution >= 4 is 38.9 Å². The third-order valence-corrected chi connectivity index (χ3v) is 5.69. The van der Waals surface area contributed by atoms with Crippen LogP contribution in [0, 0.1) is 6.92 Å². The smallest absolute Gasteiger partial charge is 0.261 e. The largest absolute Gasteiger partial charge is 0.322 e. The summed E-state index contributed by atoms with van der Waals surface area (Å²) < 4.78 is 27.6. The van der Waals surface area contributed by atoms with Crippen molar-refractivity contribution in [3.8, 4) is 0 Å². The lowest BCUT2D eigenvalue weighted by Gasteiger charge is -2.13. The van der Waals surface area contributed by atoms with E-state index < -0.39 is 15.9 Å². The van der Waals surface area contributed by atoms with E-state index in [4.69, 9.17) is 11.6 Å². The first-order chi connectivity index (χ1) is 12.9. The summed E-state index contributed by atoms with van der Waals surface area (Å²) in [6, 6.07) is 19.5. The van der Waals surface area contributed by atoms with E-state index in [1.54, 1.807) is 54.6 Å². The van der Waals surface area contributed by atoms with Crippen LogP contribution < -0.4 is 10.0 Å². The van der Waals surface area contributed by atoms with Gasteiger partial charge in [-0.25, -0.2) is 8.42 Å². The number of halogens is 1. The van der Waals surface area contributed by atoms with Crippen molar-refractivity contribution in [1.82, 2.24) is 0 Å². The number of anilines is 2. The highest BCUT2D eigenvalue weighted by molar-refractivity contribution is 7.92. The van der Waals surface area contributed by atoms with Crippen LogP contribution in [0.15, 0.2) is 77.7 Å². The van der Waals surface area contributed by atoms with Crippen LogP contribution in [0.2, 0.25) is 5.02 Å². The van der Waals surface area contributed by atoms with Gasteiger partial charge in [0.2, 0.25) is 0 Å². The molecule has 5 nitrogen and oxygen atoms in total. The van der Waals surface area contributed by atoms with Crippen LogP contribution in [0.1, 0.15) is 15.9 Å². The Morgan fingerprint density at radius 2 is 1.59 bits per heavy atom. The third-order valence-electron chi connectivity index (χ3n) is 3.90. The van der Waals surface area contributed by atoms with Crippen molar-refractivity contribution in [3.05, 3.63) is 88.9 Å². The molecule has 0 atom stereocenters. The predicted octanol–water partition coefficient (Wildman–Crippen LogP) is 4.70. The summed E-state index contributed by atoms with van der Waals surface area (Å²) in [6.45, 7) is 1.86. The molecule has 0 saturated heterocycles. The Morgan fingerprint density at radius 3 is 2.30 bits per heavy atom. The lowest BCUT2D eigenvalue weighted by Crippen LogP contribution is -2.18. The summed E-state index contributed by atoms with van der Waals surface area (Å²) in [4.78, 5) is 12.8. The normalized spacial score (nSPS) is 11.0. The molecular formula is C20H17ClN2O3S. The number of rotatable bonds is 5. The number of carbonyl (C=O) groups excluding carboxylic acids is 1. The maximum Gasteiger partial charge on any atom is 0.261 e. The van der Waals surface area contributed by atoms with E-state index in [0.29, 0.717) is 10.7 Å². The second-order valence-corrected chi connectivity index (χ2v) is 7.97. The van der Waals surface area contributed by atoms with E-state index >= 15 is 0 Å². The number of sulfonamides is 1. The second kappa shape index (κ2) is 7.82. The van der Waals surface area contributed by atoms with E-state index in [1.807, 2.05) is 6.92 Å². The van der Waals surface area contributed by atoms with Crippen molar-refractivity contribution in [2.24, 2.45) is 0 Å². The van der Waals surface area contributed by atoms with Gasteiger partial charge in [-0.1, -0.05) is 48.0 Å². The molecule has 0 spiro atoms. The van der Waals surface area contributed by atoms with E-state index in [9.17, 15) is 13.2 Å². The molecule has 0 saturated carbocycles. The highest BCUT2D eigenvalue weighted by atomic mass is 35.5. The van der Waals surface area contributed by atoms with E-state index in [2.05, 4.69) is 10.0 Å². The Kier molecular flexibility index (Phi) is 5.48. The molecule has 0 radical (unpaired) electrons. The van der Waals surface area contributed by atoms with E-state index in [0.717, 1.165) is 5.56 Å². The maximum atomic E-state index is 12.7. The average molecular weight is 401 g/mol. The van der Waals surface area contributed by atoms with Gasteiger partial charge in [0.15, 0.2) is 0 Å². The van der Waals surface area contributed by atoms with Crippen molar-refractivity contribution in [1.29, 1.82) is 0 Å². The number of carbonyl (C=O) groups is 1. The summed E-state index contributed by atoms with van der Waals surface area (Å²) in [5.74, 6) is -0.443. The van der Waals surface area contributed by atoms with Gasteiger partial charge in [0, 0.05) is 10.7 Å². The highest BCUT2D eigenvalue weighted by Gasteiger charge is 2.18. The average Bonchev–Trinajstić information content (AvgIpc) is 2.65. The minimum absolute atomic E-state index is 0.116. The fraction of sp³-hybridized carbons (Fsp3) is 0.0500. The van der Waals surface area contributed by atoms with Gasteiger partial charge < -0.3 is 5.32 Å². The van der Waals surface area contributed by atoms with Crippen LogP contribution in [-0.4, -0.2) is 14.3 Å². The SMILES string of the molecule is Cc1ccc(NC(=O)c2ccccc2NS(=O)(=O)c2ccccc2)cc1Cl. The second-order valence-electron chi connectivity index (χ2n) is 5.88. The summed E-state index contributed by atoms with van der Waals surface area (Å²) in [7, 11) is -3.81. The van der Waals surface area contributed by atoms with Gasteiger partial charge in [-0.15, -0.1) is 0 Å². The number of benzene rings is 3. The molecule has 138 valence electrons. The molecule has 0 bridgehead atoms. The number of nitrogens with one attached hydrogen (secondary N) is 2.